The van der Waals surface area contributed by atoms with Crippen LogP contribution in [-0.4, -0.2) is 74.8 Å². The van der Waals surface area contributed by atoms with E-state index in [1.54, 1.807) is 29.6 Å². The van der Waals surface area contributed by atoms with Crippen molar-refractivity contribution in [3.8, 4) is 5.75 Å². The van der Waals surface area contributed by atoms with Crippen LogP contribution in [0.25, 0.3) is 0 Å². The molecule has 190 valence electrons. The number of rotatable bonds is 7. The average Bonchev–Trinajstić information content (AvgIpc) is 3.16. The van der Waals surface area contributed by atoms with Gasteiger partial charge in [-0.25, -0.2) is 0 Å². The first-order valence-electron chi connectivity index (χ1n) is 12.5. The molecule has 3 amide bonds. The maximum absolute atomic E-state index is 13.0. The van der Waals surface area contributed by atoms with Crippen molar-refractivity contribution in [3.63, 3.8) is 0 Å². The summed E-state index contributed by atoms with van der Waals surface area (Å²) >= 11 is 0. The lowest BCUT2D eigenvalue weighted by molar-refractivity contribution is -0.136. The predicted octanol–water partition coefficient (Wildman–Crippen LogP) is 1.26. The fraction of sp³-hybridized carbons (Fsp3) is 0.500. The molecule has 2 fully saturated rings. The van der Waals surface area contributed by atoms with Gasteiger partial charge in [-0.05, 0) is 36.6 Å². The van der Waals surface area contributed by atoms with Gasteiger partial charge in [0.2, 0.25) is 11.8 Å². The highest BCUT2D eigenvalue weighted by molar-refractivity contribution is 6.05. The normalized spacial score (nSPS) is 24.7. The number of benzene rings is 1. The first-order chi connectivity index (χ1) is 17.4. The molecule has 4 heterocycles. The lowest BCUT2D eigenvalue weighted by Gasteiger charge is -2.39. The van der Waals surface area contributed by atoms with Gasteiger partial charge in [-0.3, -0.25) is 34.6 Å². The zero-order valence-electron chi connectivity index (χ0n) is 20.6. The molecular formula is C26H32N6O4. The molecule has 36 heavy (non-hydrogen) atoms. The van der Waals surface area contributed by atoms with E-state index in [1.165, 1.54) is 0 Å². The lowest BCUT2D eigenvalue weighted by atomic mass is 10.00. The van der Waals surface area contributed by atoms with Crippen LogP contribution in [0.1, 0.15) is 54.7 Å². The fourth-order valence-corrected chi connectivity index (χ4v) is 5.30. The van der Waals surface area contributed by atoms with Crippen LogP contribution in [0.15, 0.2) is 36.8 Å². The maximum Gasteiger partial charge on any atom is 0.255 e. The second-order valence-corrected chi connectivity index (χ2v) is 10.0. The molecular weight excluding hydrogens is 460 g/mol. The first kappa shape index (κ1) is 24.3. The Hall–Kier alpha value is -3.37. The summed E-state index contributed by atoms with van der Waals surface area (Å²) < 4.78 is 6.52. The quantitative estimate of drug-likeness (QED) is 0.555. The average molecular weight is 493 g/mol. The Balaban J connectivity index is 1.29. The second kappa shape index (κ2) is 10.3. The van der Waals surface area contributed by atoms with Gasteiger partial charge >= 0.3 is 0 Å². The number of carbonyl (C=O) groups excluding carboxylic acids is 3. The highest BCUT2D eigenvalue weighted by Gasteiger charge is 2.39. The minimum absolute atomic E-state index is 0.0841. The summed E-state index contributed by atoms with van der Waals surface area (Å²) in [5.41, 5.74) is 2.34. The van der Waals surface area contributed by atoms with E-state index >= 15 is 0 Å². The van der Waals surface area contributed by atoms with Crippen LogP contribution in [0.3, 0.4) is 0 Å². The number of ether oxygens (including phenoxy) is 1. The zero-order chi connectivity index (χ0) is 25.2. The van der Waals surface area contributed by atoms with Crippen molar-refractivity contribution in [1.29, 1.82) is 0 Å². The highest BCUT2D eigenvalue weighted by Crippen LogP contribution is 2.31. The lowest BCUT2D eigenvalue weighted by Crippen LogP contribution is -2.56. The van der Waals surface area contributed by atoms with Crippen LogP contribution >= 0.6 is 0 Å². The van der Waals surface area contributed by atoms with E-state index in [0.717, 1.165) is 30.8 Å². The molecule has 0 aliphatic carbocycles. The van der Waals surface area contributed by atoms with Gasteiger partial charge in [-0.2, -0.15) is 0 Å². The van der Waals surface area contributed by atoms with E-state index in [1.807, 2.05) is 12.1 Å². The molecule has 5 rings (SSSR count). The number of imide groups is 1. The first-order valence-corrected chi connectivity index (χ1v) is 12.5. The Labute approximate surface area is 210 Å². The van der Waals surface area contributed by atoms with Crippen molar-refractivity contribution < 1.29 is 19.1 Å². The Morgan fingerprint density at radius 3 is 2.81 bits per heavy atom. The summed E-state index contributed by atoms with van der Waals surface area (Å²) in [6, 6.07) is 5.42. The summed E-state index contributed by atoms with van der Waals surface area (Å²) in [6.07, 6.45) is 6.62. The Morgan fingerprint density at radius 2 is 2.06 bits per heavy atom. The smallest absolute Gasteiger partial charge is 0.255 e. The van der Waals surface area contributed by atoms with Crippen molar-refractivity contribution >= 4 is 17.7 Å². The second-order valence-electron chi connectivity index (χ2n) is 10.0. The molecule has 1 aromatic carbocycles. The van der Waals surface area contributed by atoms with Crippen LogP contribution in [0.2, 0.25) is 0 Å². The molecule has 0 radical (unpaired) electrons. The van der Waals surface area contributed by atoms with Gasteiger partial charge in [0.1, 0.15) is 17.9 Å². The molecule has 3 aliphatic heterocycles. The van der Waals surface area contributed by atoms with E-state index in [2.05, 4.69) is 39.3 Å². The molecule has 3 atom stereocenters. The van der Waals surface area contributed by atoms with E-state index < -0.39 is 11.9 Å². The van der Waals surface area contributed by atoms with E-state index in [4.69, 9.17) is 4.74 Å². The molecule has 1 aromatic heterocycles. The number of piperidine rings is 2. The number of hydrogen-bond donors (Lipinski definition) is 2. The van der Waals surface area contributed by atoms with Crippen LogP contribution in [0, 0.1) is 0 Å². The molecule has 2 aromatic rings. The number of hydrogen-bond acceptors (Lipinski definition) is 8. The summed E-state index contributed by atoms with van der Waals surface area (Å²) in [5, 5.41) is 5.98. The molecule has 2 N–H and O–H groups in total. The van der Waals surface area contributed by atoms with Gasteiger partial charge in [-0.15, -0.1) is 0 Å². The van der Waals surface area contributed by atoms with Gasteiger partial charge in [-0.1, -0.05) is 13.8 Å². The van der Waals surface area contributed by atoms with Gasteiger partial charge < -0.3 is 15.0 Å². The number of nitrogens with one attached hydrogen (secondary N) is 2. The third kappa shape index (κ3) is 5.24. The molecule has 3 aliphatic rings. The van der Waals surface area contributed by atoms with Crippen molar-refractivity contribution in [2.75, 3.05) is 13.1 Å². The SMILES string of the molecule is CC(C)N[C@H]1CCN(Cc2cnccn2)C[C@@H]1Oc1ccc2c(c1)CN(C1CCC(=O)NC1=O)C2=O. The van der Waals surface area contributed by atoms with Gasteiger partial charge in [0.25, 0.3) is 5.91 Å². The Kier molecular flexibility index (Phi) is 6.97. The summed E-state index contributed by atoms with van der Waals surface area (Å²) in [5.74, 6) is -0.176. The van der Waals surface area contributed by atoms with E-state index in [0.29, 0.717) is 36.9 Å². The monoisotopic (exact) mass is 492 g/mol. The molecule has 0 saturated carbocycles. The van der Waals surface area contributed by atoms with Crippen molar-refractivity contribution in [2.24, 2.45) is 0 Å². The standard InChI is InChI=1S/C26H32N6O4/c1-16(2)29-21-7-10-31(14-18-12-27-8-9-28-18)15-23(21)36-19-3-4-20-17(11-19)13-32(26(20)35)22-5-6-24(33)30-25(22)34/h3-4,8-9,11-12,16,21-23,29H,5-7,10,13-15H2,1-2H3,(H,30,33,34)/t21-,22?,23-/m0/s1. The minimum Gasteiger partial charge on any atom is -0.487 e. The third-order valence-electron chi connectivity index (χ3n) is 6.98. The predicted molar refractivity (Wildman–Crippen MR) is 131 cm³/mol. The van der Waals surface area contributed by atoms with Gasteiger partial charge in [0.05, 0.1) is 5.69 Å². The van der Waals surface area contributed by atoms with E-state index in [-0.39, 0.29) is 30.4 Å². The fourth-order valence-electron chi connectivity index (χ4n) is 5.30. The maximum atomic E-state index is 13.0. The van der Waals surface area contributed by atoms with Crippen molar-refractivity contribution in [1.82, 2.24) is 30.4 Å². The number of likely N-dealkylation sites (tertiary alicyclic amines) is 1. The summed E-state index contributed by atoms with van der Waals surface area (Å²) in [6.45, 7) is 6.97. The van der Waals surface area contributed by atoms with Gasteiger partial charge in [0.15, 0.2) is 0 Å². The summed E-state index contributed by atoms with van der Waals surface area (Å²) in [4.78, 5) is 49.3. The molecule has 0 spiro atoms. The molecule has 0 bridgehead atoms. The molecule has 10 heteroatoms. The summed E-state index contributed by atoms with van der Waals surface area (Å²) in [7, 11) is 0. The van der Waals surface area contributed by atoms with Gasteiger partial charge in [0, 0.05) is 68.8 Å². The molecule has 1 unspecified atom stereocenters. The Morgan fingerprint density at radius 1 is 1.19 bits per heavy atom. The van der Waals surface area contributed by atoms with Crippen LogP contribution in [-0.2, 0) is 22.7 Å². The molecule has 10 nitrogen and oxygen atoms in total. The largest absolute Gasteiger partial charge is 0.487 e. The number of aromatic nitrogens is 2. The third-order valence-corrected chi connectivity index (χ3v) is 6.98. The number of amides is 3. The van der Waals surface area contributed by atoms with Crippen molar-refractivity contribution in [2.45, 2.75) is 70.4 Å². The minimum atomic E-state index is -0.625. The number of nitrogens with zero attached hydrogens (tertiary/aromatic N) is 4. The Bertz CT molecular complexity index is 1140. The van der Waals surface area contributed by atoms with Crippen LogP contribution in [0.5, 0.6) is 5.75 Å². The number of carbonyl (C=O) groups is 3. The highest BCUT2D eigenvalue weighted by atomic mass is 16.5. The van der Waals surface area contributed by atoms with Crippen LogP contribution < -0.4 is 15.4 Å². The number of fused-ring (bicyclic) bond motifs is 1. The zero-order valence-corrected chi connectivity index (χ0v) is 20.6. The topological polar surface area (TPSA) is 117 Å². The van der Waals surface area contributed by atoms with Crippen molar-refractivity contribution in [3.05, 3.63) is 53.6 Å². The molecule has 2 saturated heterocycles. The van der Waals surface area contributed by atoms with E-state index in [9.17, 15) is 14.4 Å². The van der Waals surface area contributed by atoms with Crippen LogP contribution in [0.4, 0.5) is 0 Å².